The topological polar surface area (TPSA) is 29.1 Å². The van der Waals surface area contributed by atoms with E-state index < -0.39 is 24.2 Å². The highest BCUT2D eigenvalue weighted by atomic mass is 19.4. The average Bonchev–Trinajstić information content (AvgIpc) is 1.78. The van der Waals surface area contributed by atoms with Crippen LogP contribution in [0.3, 0.4) is 0 Å². The summed E-state index contributed by atoms with van der Waals surface area (Å²) in [5.74, 6) is -6.03. The second-order valence-corrected chi connectivity index (χ2v) is 2.41. The number of amides is 1. The highest BCUT2D eigenvalue weighted by Crippen LogP contribution is 2.39. The van der Waals surface area contributed by atoms with Crippen molar-refractivity contribution in [2.24, 2.45) is 5.92 Å². The largest absolute Gasteiger partial charge is 0.409 e. The zero-order valence-corrected chi connectivity index (χ0v) is 6.96. The van der Waals surface area contributed by atoms with Gasteiger partial charge >= 0.3 is 12.4 Å². The summed E-state index contributed by atoms with van der Waals surface area (Å²) in [6, 6.07) is 0. The Morgan fingerprint density at radius 1 is 1.14 bits per heavy atom. The molecule has 0 aromatic heterocycles. The molecule has 14 heavy (non-hydrogen) atoms. The lowest BCUT2D eigenvalue weighted by atomic mass is 10.1. The van der Waals surface area contributed by atoms with Crippen LogP contribution < -0.4 is 5.32 Å². The Labute approximate surface area is 75.3 Å². The lowest BCUT2D eigenvalue weighted by Crippen LogP contribution is -2.47. The molecule has 0 radical (unpaired) electrons. The number of halogens is 6. The van der Waals surface area contributed by atoms with Crippen LogP contribution in [-0.2, 0) is 4.79 Å². The number of hydrogen-bond donors (Lipinski definition) is 1. The van der Waals surface area contributed by atoms with Crippen LogP contribution in [-0.4, -0.2) is 24.8 Å². The van der Waals surface area contributed by atoms with Crippen LogP contribution in [0.1, 0.15) is 6.92 Å². The summed E-state index contributed by atoms with van der Waals surface area (Å²) in [7, 11) is 0. The Hall–Kier alpha value is -0.950. The molecule has 0 aromatic rings. The van der Waals surface area contributed by atoms with E-state index in [9.17, 15) is 31.1 Å². The molecule has 0 saturated heterocycles. The standard InChI is InChI=1S/C6H7F6NO/c1-2-13-4(14)3(5(7,8)9)6(10,11)12/h3H,2H2,1H3,(H,13,14). The summed E-state index contributed by atoms with van der Waals surface area (Å²) in [5.41, 5.74) is 0. The number of rotatable bonds is 2. The van der Waals surface area contributed by atoms with E-state index in [1.165, 1.54) is 12.2 Å². The second-order valence-electron chi connectivity index (χ2n) is 2.41. The molecule has 0 rings (SSSR count). The van der Waals surface area contributed by atoms with Crippen LogP contribution in [0, 0.1) is 5.92 Å². The molecule has 0 fully saturated rings. The van der Waals surface area contributed by atoms with E-state index in [2.05, 4.69) is 0 Å². The zero-order valence-electron chi connectivity index (χ0n) is 6.96. The van der Waals surface area contributed by atoms with Crippen LogP contribution in [0.5, 0.6) is 0 Å². The summed E-state index contributed by atoms with van der Waals surface area (Å²) in [5, 5.41) is 1.48. The summed E-state index contributed by atoms with van der Waals surface area (Å²) in [6.07, 6.45) is -11.2. The summed E-state index contributed by atoms with van der Waals surface area (Å²) >= 11 is 0. The van der Waals surface area contributed by atoms with E-state index >= 15 is 0 Å². The van der Waals surface area contributed by atoms with Crippen molar-refractivity contribution in [3.05, 3.63) is 0 Å². The van der Waals surface area contributed by atoms with Crippen molar-refractivity contribution in [1.29, 1.82) is 0 Å². The van der Waals surface area contributed by atoms with Crippen LogP contribution in [0.25, 0.3) is 0 Å². The fourth-order valence-electron chi connectivity index (χ4n) is 0.759. The molecule has 2 nitrogen and oxygen atoms in total. The quantitative estimate of drug-likeness (QED) is 0.711. The van der Waals surface area contributed by atoms with E-state index in [4.69, 9.17) is 0 Å². The van der Waals surface area contributed by atoms with E-state index in [1.54, 1.807) is 0 Å². The Balaban J connectivity index is 4.84. The average molecular weight is 223 g/mol. The van der Waals surface area contributed by atoms with Gasteiger partial charge in [0.05, 0.1) is 0 Å². The van der Waals surface area contributed by atoms with Gasteiger partial charge in [0.15, 0.2) is 0 Å². The van der Waals surface area contributed by atoms with Crippen molar-refractivity contribution in [1.82, 2.24) is 5.32 Å². The molecule has 8 heteroatoms. The Kier molecular flexibility index (Phi) is 3.78. The van der Waals surface area contributed by atoms with E-state index in [-0.39, 0.29) is 6.54 Å². The third kappa shape index (κ3) is 3.43. The van der Waals surface area contributed by atoms with Gasteiger partial charge in [0, 0.05) is 6.54 Å². The number of alkyl halides is 6. The third-order valence-corrected chi connectivity index (χ3v) is 1.27. The van der Waals surface area contributed by atoms with Crippen LogP contribution in [0.4, 0.5) is 26.3 Å². The summed E-state index contributed by atoms with van der Waals surface area (Å²) < 4.78 is 70.9. The minimum atomic E-state index is -5.61. The predicted molar refractivity (Wildman–Crippen MR) is 34.3 cm³/mol. The van der Waals surface area contributed by atoms with E-state index in [0.717, 1.165) is 0 Å². The van der Waals surface area contributed by atoms with E-state index in [1.807, 2.05) is 0 Å². The number of carbonyl (C=O) groups excluding carboxylic acids is 1. The highest BCUT2D eigenvalue weighted by Gasteiger charge is 2.60. The molecule has 0 saturated carbocycles. The fraction of sp³-hybridized carbons (Fsp3) is 0.833. The van der Waals surface area contributed by atoms with Gasteiger partial charge in [0.25, 0.3) is 0 Å². The molecule has 0 aromatic carbocycles. The predicted octanol–water partition coefficient (Wildman–Crippen LogP) is 1.86. The number of nitrogens with one attached hydrogen (secondary N) is 1. The van der Waals surface area contributed by atoms with Gasteiger partial charge in [0.2, 0.25) is 11.8 Å². The van der Waals surface area contributed by atoms with Crippen molar-refractivity contribution < 1.29 is 31.1 Å². The maximum atomic E-state index is 11.8. The second kappa shape index (κ2) is 4.05. The molecule has 1 N–H and O–H groups in total. The number of hydrogen-bond acceptors (Lipinski definition) is 1. The van der Waals surface area contributed by atoms with Crippen LogP contribution >= 0.6 is 0 Å². The van der Waals surface area contributed by atoms with Gasteiger partial charge in [-0.05, 0) is 6.92 Å². The number of carbonyl (C=O) groups is 1. The monoisotopic (exact) mass is 223 g/mol. The Morgan fingerprint density at radius 2 is 1.50 bits per heavy atom. The van der Waals surface area contributed by atoms with Gasteiger partial charge in [-0.3, -0.25) is 4.79 Å². The van der Waals surface area contributed by atoms with Crippen LogP contribution in [0.2, 0.25) is 0 Å². The van der Waals surface area contributed by atoms with Crippen molar-refractivity contribution in [3.8, 4) is 0 Å². The molecule has 0 aliphatic heterocycles. The van der Waals surface area contributed by atoms with Gasteiger partial charge < -0.3 is 5.32 Å². The van der Waals surface area contributed by atoms with Gasteiger partial charge in [0.1, 0.15) is 0 Å². The lowest BCUT2D eigenvalue weighted by Gasteiger charge is -2.21. The molecule has 0 heterocycles. The van der Waals surface area contributed by atoms with Gasteiger partial charge in [-0.1, -0.05) is 0 Å². The molecule has 0 unspecified atom stereocenters. The van der Waals surface area contributed by atoms with Gasteiger partial charge in [-0.15, -0.1) is 0 Å². The SMILES string of the molecule is CCNC(=O)C(C(F)(F)F)C(F)(F)F. The molecule has 0 aliphatic rings. The minimum absolute atomic E-state index is 0.290. The molecule has 84 valence electrons. The molecule has 0 bridgehead atoms. The normalized spacial score (nSPS) is 13.1. The maximum Gasteiger partial charge on any atom is 0.409 e. The van der Waals surface area contributed by atoms with E-state index in [0.29, 0.717) is 0 Å². The van der Waals surface area contributed by atoms with Crippen molar-refractivity contribution >= 4 is 5.91 Å². The molecule has 0 atom stereocenters. The first kappa shape index (κ1) is 13.0. The summed E-state index contributed by atoms with van der Waals surface area (Å²) in [6.45, 7) is 0.934. The fourth-order valence-corrected chi connectivity index (χ4v) is 0.759. The first-order valence-electron chi connectivity index (χ1n) is 3.51. The van der Waals surface area contributed by atoms with Crippen LogP contribution in [0.15, 0.2) is 0 Å². The lowest BCUT2D eigenvalue weighted by molar-refractivity contribution is -0.274. The zero-order chi connectivity index (χ0) is 11.6. The molecule has 0 aliphatic carbocycles. The Morgan fingerprint density at radius 3 is 1.71 bits per heavy atom. The minimum Gasteiger partial charge on any atom is -0.356 e. The smallest absolute Gasteiger partial charge is 0.356 e. The van der Waals surface area contributed by atoms with Gasteiger partial charge in [-0.2, -0.15) is 26.3 Å². The molecule has 0 spiro atoms. The first-order chi connectivity index (χ1) is 6.10. The summed E-state index contributed by atoms with van der Waals surface area (Å²) in [4.78, 5) is 10.5. The van der Waals surface area contributed by atoms with Crippen molar-refractivity contribution in [3.63, 3.8) is 0 Å². The Bertz CT molecular complexity index is 193. The molecular formula is C6H7F6NO. The van der Waals surface area contributed by atoms with Crippen molar-refractivity contribution in [2.45, 2.75) is 19.3 Å². The highest BCUT2D eigenvalue weighted by molar-refractivity contribution is 5.80. The van der Waals surface area contributed by atoms with Crippen molar-refractivity contribution in [2.75, 3.05) is 6.54 Å². The third-order valence-electron chi connectivity index (χ3n) is 1.27. The maximum absolute atomic E-state index is 11.8. The molecular weight excluding hydrogens is 216 g/mol. The first-order valence-corrected chi connectivity index (χ1v) is 3.51. The molecule has 1 amide bonds. The van der Waals surface area contributed by atoms with Gasteiger partial charge in [-0.25, -0.2) is 0 Å².